The number of piperazine rings is 1. The van der Waals surface area contributed by atoms with Gasteiger partial charge in [-0.15, -0.1) is 0 Å². The molecule has 1 amide bonds. The zero-order chi connectivity index (χ0) is 18.5. The van der Waals surface area contributed by atoms with Gasteiger partial charge in [0.1, 0.15) is 12.0 Å². The molecule has 0 spiro atoms. The molecule has 3 aromatic rings. The number of carbonyl (C=O) groups excluding carboxylic acids is 1. The van der Waals surface area contributed by atoms with Crippen LogP contribution in [0.25, 0.3) is 11.4 Å². The highest BCUT2D eigenvalue weighted by Gasteiger charge is 2.17. The molecular weight excluding hydrogens is 344 g/mol. The third kappa shape index (κ3) is 3.87. The van der Waals surface area contributed by atoms with E-state index in [-0.39, 0.29) is 11.6 Å². The quantitative estimate of drug-likeness (QED) is 0.707. The van der Waals surface area contributed by atoms with Crippen molar-refractivity contribution in [3.63, 3.8) is 0 Å². The van der Waals surface area contributed by atoms with E-state index < -0.39 is 0 Å². The molecule has 1 aliphatic rings. The van der Waals surface area contributed by atoms with Gasteiger partial charge in [-0.3, -0.25) is 9.78 Å². The molecule has 0 unspecified atom stereocenters. The van der Waals surface area contributed by atoms with Gasteiger partial charge in [0.15, 0.2) is 5.82 Å². The molecule has 0 atom stereocenters. The van der Waals surface area contributed by atoms with Crippen LogP contribution in [0.3, 0.4) is 0 Å². The van der Waals surface area contributed by atoms with E-state index in [2.05, 4.69) is 40.5 Å². The van der Waals surface area contributed by atoms with Gasteiger partial charge >= 0.3 is 0 Å². The minimum atomic E-state index is -0.320. The smallest absolute Gasteiger partial charge is 0.274 e. The molecule has 4 heterocycles. The van der Waals surface area contributed by atoms with Crippen molar-refractivity contribution in [3.8, 4) is 11.4 Å². The van der Waals surface area contributed by atoms with E-state index in [1.165, 1.54) is 6.33 Å². The number of rotatable bonds is 4. The van der Waals surface area contributed by atoms with Crippen LogP contribution in [0.4, 0.5) is 11.4 Å². The van der Waals surface area contributed by atoms with Gasteiger partial charge in [-0.2, -0.15) is 0 Å². The molecular formula is C18H18N8O. The predicted molar refractivity (Wildman–Crippen MR) is 100 cm³/mol. The standard InChI is InChI=1S/C18H18N8O/c27-18(14-1-4-23-17(24-14)13-9-21-12-22-10-13)25-15-11-20-3-2-16(15)26-7-5-19-6-8-26/h1-4,9-12,19H,5-8H2,(H,25,27). The van der Waals surface area contributed by atoms with Crippen LogP contribution >= 0.6 is 0 Å². The van der Waals surface area contributed by atoms with Crippen LogP contribution in [0.15, 0.2) is 49.4 Å². The van der Waals surface area contributed by atoms with Crippen molar-refractivity contribution < 1.29 is 4.79 Å². The van der Waals surface area contributed by atoms with Crippen molar-refractivity contribution in [2.75, 3.05) is 36.4 Å². The van der Waals surface area contributed by atoms with E-state index in [1.54, 1.807) is 37.1 Å². The fraction of sp³-hybridized carbons (Fsp3) is 0.222. The molecule has 4 rings (SSSR count). The lowest BCUT2D eigenvalue weighted by Gasteiger charge is -2.30. The maximum Gasteiger partial charge on any atom is 0.274 e. The Kier molecular flexibility index (Phi) is 4.93. The minimum Gasteiger partial charge on any atom is -0.367 e. The van der Waals surface area contributed by atoms with Crippen molar-refractivity contribution >= 4 is 17.3 Å². The first-order chi connectivity index (χ1) is 13.3. The molecule has 0 aromatic carbocycles. The number of nitrogens with zero attached hydrogens (tertiary/aromatic N) is 6. The van der Waals surface area contributed by atoms with Gasteiger partial charge < -0.3 is 15.5 Å². The van der Waals surface area contributed by atoms with E-state index in [0.717, 1.165) is 31.9 Å². The molecule has 1 aliphatic heterocycles. The topological polar surface area (TPSA) is 109 Å². The van der Waals surface area contributed by atoms with Gasteiger partial charge in [0.25, 0.3) is 5.91 Å². The maximum absolute atomic E-state index is 12.7. The van der Waals surface area contributed by atoms with E-state index in [4.69, 9.17) is 0 Å². The summed E-state index contributed by atoms with van der Waals surface area (Å²) in [5.74, 6) is 0.0802. The summed E-state index contributed by atoms with van der Waals surface area (Å²) < 4.78 is 0. The highest BCUT2D eigenvalue weighted by atomic mass is 16.1. The molecule has 9 heteroatoms. The number of carbonyl (C=O) groups is 1. The van der Waals surface area contributed by atoms with Gasteiger partial charge in [0.05, 0.1) is 23.1 Å². The lowest BCUT2D eigenvalue weighted by molar-refractivity contribution is 0.102. The minimum absolute atomic E-state index is 0.263. The Bertz CT molecular complexity index is 927. The van der Waals surface area contributed by atoms with E-state index >= 15 is 0 Å². The van der Waals surface area contributed by atoms with Gasteiger partial charge in [0.2, 0.25) is 0 Å². The van der Waals surface area contributed by atoms with Gasteiger partial charge in [-0.05, 0) is 12.1 Å². The first kappa shape index (κ1) is 17.0. The average molecular weight is 362 g/mol. The largest absolute Gasteiger partial charge is 0.367 e. The fourth-order valence-corrected chi connectivity index (χ4v) is 2.89. The lowest BCUT2D eigenvalue weighted by atomic mass is 10.2. The summed E-state index contributed by atoms with van der Waals surface area (Å²) in [6, 6.07) is 3.48. The Morgan fingerprint density at radius 3 is 2.67 bits per heavy atom. The summed E-state index contributed by atoms with van der Waals surface area (Å²) in [5.41, 5.74) is 2.52. The number of hydrogen-bond acceptors (Lipinski definition) is 8. The van der Waals surface area contributed by atoms with Gasteiger partial charge in [-0.1, -0.05) is 0 Å². The molecule has 0 saturated carbocycles. The second kappa shape index (κ2) is 7.83. The number of aromatic nitrogens is 5. The van der Waals surface area contributed by atoms with Crippen LogP contribution in [0.5, 0.6) is 0 Å². The first-order valence-corrected chi connectivity index (χ1v) is 8.61. The normalized spacial score (nSPS) is 14.0. The fourth-order valence-electron chi connectivity index (χ4n) is 2.89. The molecule has 9 nitrogen and oxygen atoms in total. The van der Waals surface area contributed by atoms with Gasteiger partial charge in [-0.25, -0.2) is 19.9 Å². The molecule has 3 aromatic heterocycles. The SMILES string of the molecule is O=C(Nc1cnccc1N1CCNCC1)c1ccnc(-c2cncnc2)n1. The summed E-state index contributed by atoms with van der Waals surface area (Å²) in [6.07, 6.45) is 9.57. The molecule has 1 fully saturated rings. The van der Waals surface area contributed by atoms with Crippen LogP contribution in [-0.4, -0.2) is 57.0 Å². The molecule has 0 aliphatic carbocycles. The van der Waals surface area contributed by atoms with E-state index in [9.17, 15) is 4.79 Å². The Hall–Kier alpha value is -3.46. The molecule has 0 radical (unpaired) electrons. The van der Waals surface area contributed by atoms with Crippen LogP contribution in [0.1, 0.15) is 10.5 Å². The summed E-state index contributed by atoms with van der Waals surface area (Å²) in [5, 5.41) is 6.24. The highest BCUT2D eigenvalue weighted by molar-refractivity contribution is 6.04. The predicted octanol–water partition coefficient (Wildman–Crippen LogP) is 0.990. The van der Waals surface area contributed by atoms with Crippen molar-refractivity contribution in [1.82, 2.24) is 30.2 Å². The molecule has 136 valence electrons. The third-order valence-electron chi connectivity index (χ3n) is 4.21. The van der Waals surface area contributed by atoms with Crippen molar-refractivity contribution in [3.05, 3.63) is 55.1 Å². The second-order valence-corrected chi connectivity index (χ2v) is 5.98. The van der Waals surface area contributed by atoms with Crippen molar-refractivity contribution in [2.24, 2.45) is 0 Å². The zero-order valence-electron chi connectivity index (χ0n) is 14.5. The number of hydrogen-bond donors (Lipinski definition) is 2. The Labute approximate surface area is 155 Å². The van der Waals surface area contributed by atoms with Crippen LogP contribution in [0.2, 0.25) is 0 Å². The summed E-state index contributed by atoms with van der Waals surface area (Å²) in [6.45, 7) is 3.56. The van der Waals surface area contributed by atoms with Crippen LogP contribution < -0.4 is 15.5 Å². The average Bonchev–Trinajstić information content (AvgIpc) is 2.75. The second-order valence-electron chi connectivity index (χ2n) is 5.98. The monoisotopic (exact) mass is 362 g/mol. The number of nitrogens with one attached hydrogen (secondary N) is 2. The van der Waals surface area contributed by atoms with Crippen LogP contribution in [-0.2, 0) is 0 Å². The van der Waals surface area contributed by atoms with E-state index in [0.29, 0.717) is 17.1 Å². The zero-order valence-corrected chi connectivity index (χ0v) is 14.5. The summed E-state index contributed by atoms with van der Waals surface area (Å²) in [7, 11) is 0. The number of amides is 1. The Balaban J connectivity index is 1.57. The van der Waals surface area contributed by atoms with Crippen molar-refractivity contribution in [1.29, 1.82) is 0 Å². The van der Waals surface area contributed by atoms with Crippen LogP contribution in [0, 0.1) is 0 Å². The Morgan fingerprint density at radius 1 is 1.04 bits per heavy atom. The molecule has 2 N–H and O–H groups in total. The summed E-state index contributed by atoms with van der Waals surface area (Å²) in [4.78, 5) is 35.5. The number of pyridine rings is 1. The molecule has 1 saturated heterocycles. The molecule has 27 heavy (non-hydrogen) atoms. The Morgan fingerprint density at radius 2 is 1.85 bits per heavy atom. The lowest BCUT2D eigenvalue weighted by Crippen LogP contribution is -2.43. The summed E-state index contributed by atoms with van der Waals surface area (Å²) >= 11 is 0. The van der Waals surface area contributed by atoms with Gasteiger partial charge in [0, 0.05) is 51.0 Å². The first-order valence-electron chi connectivity index (χ1n) is 8.61. The maximum atomic E-state index is 12.7. The molecule has 0 bridgehead atoms. The number of anilines is 2. The highest BCUT2D eigenvalue weighted by Crippen LogP contribution is 2.25. The van der Waals surface area contributed by atoms with E-state index in [1.807, 2.05) is 6.07 Å². The third-order valence-corrected chi connectivity index (χ3v) is 4.21. The van der Waals surface area contributed by atoms with Crippen molar-refractivity contribution in [2.45, 2.75) is 0 Å².